The van der Waals surface area contributed by atoms with E-state index in [1.54, 1.807) is 24.3 Å². The molecule has 0 radical (unpaired) electrons. The van der Waals surface area contributed by atoms with Gasteiger partial charge in [-0.25, -0.2) is 0 Å². The third kappa shape index (κ3) is 4.70. The van der Waals surface area contributed by atoms with Crippen molar-refractivity contribution in [2.45, 2.75) is 39.8 Å². The van der Waals surface area contributed by atoms with E-state index in [-0.39, 0.29) is 22.9 Å². The van der Waals surface area contributed by atoms with Gasteiger partial charge < -0.3 is 9.84 Å². The fraction of sp³-hybridized carbons (Fsp3) is 0.214. The zero-order valence-corrected chi connectivity index (χ0v) is 20.4. The number of aliphatic hydroxyl groups is 1. The van der Waals surface area contributed by atoms with Crippen LogP contribution >= 0.6 is 0 Å². The molecule has 1 aliphatic rings. The number of aryl methyl sites for hydroxylation is 2. The molecule has 1 unspecified atom stereocenters. The van der Waals surface area contributed by atoms with Crippen LogP contribution in [0.3, 0.4) is 0 Å². The topological polar surface area (TPSA) is 110 Å². The van der Waals surface area contributed by atoms with Crippen molar-refractivity contribution in [3.8, 4) is 5.75 Å². The Morgan fingerprint density at radius 1 is 1.00 bits per heavy atom. The number of ketones is 1. The average molecular weight is 487 g/mol. The second kappa shape index (κ2) is 9.65. The molecule has 1 aliphatic heterocycles. The molecular formula is C28H26N2O6. The van der Waals surface area contributed by atoms with Gasteiger partial charge in [-0.2, -0.15) is 0 Å². The van der Waals surface area contributed by atoms with Crippen LogP contribution in [0.4, 0.5) is 11.4 Å². The number of hydrogen-bond acceptors (Lipinski definition) is 6. The summed E-state index contributed by atoms with van der Waals surface area (Å²) in [6, 6.07) is 16.9. The van der Waals surface area contributed by atoms with Gasteiger partial charge in [-0.15, -0.1) is 0 Å². The van der Waals surface area contributed by atoms with Crippen molar-refractivity contribution in [1.82, 2.24) is 0 Å². The maximum atomic E-state index is 13.4. The number of nitro benzene ring substituents is 1. The minimum absolute atomic E-state index is 0.0915. The molecule has 1 fully saturated rings. The Kier molecular flexibility index (Phi) is 6.61. The first-order valence-electron chi connectivity index (χ1n) is 11.5. The number of ether oxygens (including phenoxy) is 1. The largest absolute Gasteiger partial charge is 0.507 e. The normalized spacial score (nSPS) is 17.0. The lowest BCUT2D eigenvalue weighted by atomic mass is 9.94. The van der Waals surface area contributed by atoms with Crippen molar-refractivity contribution in [2.24, 2.45) is 0 Å². The van der Waals surface area contributed by atoms with Crippen LogP contribution in [0.1, 0.15) is 42.1 Å². The number of benzene rings is 3. The summed E-state index contributed by atoms with van der Waals surface area (Å²) in [5, 5.41) is 22.3. The molecule has 0 aromatic heterocycles. The number of non-ortho nitro benzene ring substituents is 1. The summed E-state index contributed by atoms with van der Waals surface area (Å²) in [6.07, 6.45) is -0.0915. The van der Waals surface area contributed by atoms with Gasteiger partial charge in [0.2, 0.25) is 0 Å². The maximum Gasteiger partial charge on any atom is 0.300 e. The molecule has 0 spiro atoms. The number of aliphatic hydroxyl groups excluding tert-OH is 1. The number of carbonyl (C=O) groups is 2. The van der Waals surface area contributed by atoms with E-state index < -0.39 is 28.4 Å². The monoisotopic (exact) mass is 486 g/mol. The van der Waals surface area contributed by atoms with E-state index in [0.717, 1.165) is 11.1 Å². The Morgan fingerprint density at radius 3 is 2.22 bits per heavy atom. The fourth-order valence-corrected chi connectivity index (χ4v) is 4.43. The third-order valence-corrected chi connectivity index (χ3v) is 5.83. The van der Waals surface area contributed by atoms with E-state index in [0.29, 0.717) is 17.0 Å². The van der Waals surface area contributed by atoms with Gasteiger partial charge in [-0.05, 0) is 80.8 Å². The van der Waals surface area contributed by atoms with Gasteiger partial charge in [0.25, 0.3) is 17.4 Å². The molecule has 1 saturated heterocycles. The molecule has 36 heavy (non-hydrogen) atoms. The molecule has 1 heterocycles. The van der Waals surface area contributed by atoms with Crippen molar-refractivity contribution in [3.63, 3.8) is 0 Å². The van der Waals surface area contributed by atoms with E-state index in [1.807, 2.05) is 45.9 Å². The molecule has 184 valence electrons. The molecule has 0 saturated carbocycles. The zero-order valence-electron chi connectivity index (χ0n) is 20.4. The third-order valence-electron chi connectivity index (χ3n) is 5.83. The zero-order chi connectivity index (χ0) is 26.1. The van der Waals surface area contributed by atoms with Gasteiger partial charge in [0.1, 0.15) is 11.5 Å². The van der Waals surface area contributed by atoms with Gasteiger partial charge in [0.15, 0.2) is 0 Å². The molecule has 3 aromatic rings. The molecular weight excluding hydrogens is 460 g/mol. The van der Waals surface area contributed by atoms with Gasteiger partial charge in [0.05, 0.1) is 22.6 Å². The quantitative estimate of drug-likeness (QED) is 0.159. The van der Waals surface area contributed by atoms with Crippen LogP contribution in [0.5, 0.6) is 5.75 Å². The molecule has 0 aliphatic carbocycles. The molecule has 0 bridgehead atoms. The second-order valence-corrected chi connectivity index (χ2v) is 9.06. The summed E-state index contributed by atoms with van der Waals surface area (Å²) in [7, 11) is 0. The van der Waals surface area contributed by atoms with E-state index in [2.05, 4.69) is 0 Å². The van der Waals surface area contributed by atoms with Crippen LogP contribution in [0.15, 0.2) is 72.3 Å². The highest BCUT2D eigenvalue weighted by molar-refractivity contribution is 6.51. The molecule has 4 rings (SSSR count). The highest BCUT2D eigenvalue weighted by Crippen LogP contribution is 2.43. The second-order valence-electron chi connectivity index (χ2n) is 9.06. The highest BCUT2D eigenvalue weighted by Gasteiger charge is 2.47. The number of rotatable bonds is 6. The van der Waals surface area contributed by atoms with Crippen molar-refractivity contribution < 1.29 is 24.4 Å². The number of carbonyl (C=O) groups excluding carboxylic acids is 2. The summed E-state index contributed by atoms with van der Waals surface area (Å²) >= 11 is 0. The first-order valence-corrected chi connectivity index (χ1v) is 11.5. The minimum atomic E-state index is -0.933. The lowest BCUT2D eigenvalue weighted by Gasteiger charge is -2.26. The summed E-state index contributed by atoms with van der Waals surface area (Å²) in [5.41, 5.74) is 2.87. The van der Waals surface area contributed by atoms with Crippen molar-refractivity contribution in [1.29, 1.82) is 0 Å². The average Bonchev–Trinajstić information content (AvgIpc) is 3.08. The Bertz CT molecular complexity index is 1370. The summed E-state index contributed by atoms with van der Waals surface area (Å²) in [5.74, 6) is -1.46. The summed E-state index contributed by atoms with van der Waals surface area (Å²) < 4.78 is 5.83. The van der Waals surface area contributed by atoms with E-state index in [1.165, 1.54) is 29.2 Å². The van der Waals surface area contributed by atoms with Gasteiger partial charge in [-0.1, -0.05) is 18.2 Å². The predicted octanol–water partition coefficient (Wildman–Crippen LogP) is 5.63. The SMILES string of the molecule is Cc1cc(C)cc(N2C(=O)C(=O)/C(=C(/O)c3ccc([N+](=O)[O-])cc3)C2c2cccc(OC(C)C)c2)c1. The first kappa shape index (κ1) is 24.7. The van der Waals surface area contributed by atoms with E-state index >= 15 is 0 Å². The molecule has 8 heteroatoms. The van der Waals surface area contributed by atoms with Gasteiger partial charge >= 0.3 is 0 Å². The highest BCUT2D eigenvalue weighted by atomic mass is 16.6. The number of amides is 1. The molecule has 8 nitrogen and oxygen atoms in total. The smallest absolute Gasteiger partial charge is 0.300 e. The van der Waals surface area contributed by atoms with Crippen LogP contribution < -0.4 is 9.64 Å². The van der Waals surface area contributed by atoms with E-state index in [4.69, 9.17) is 4.74 Å². The Balaban J connectivity index is 1.93. The van der Waals surface area contributed by atoms with Crippen molar-refractivity contribution >= 4 is 28.8 Å². The standard InChI is InChI=1S/C28H26N2O6/c1-16(2)36-23-7-5-6-20(15-23)25-24(26(31)19-8-10-21(11-9-19)30(34)35)27(32)28(33)29(25)22-13-17(3)12-18(4)14-22/h5-16,25,31H,1-4H3/b26-24+. The Labute approximate surface area is 208 Å². The number of anilines is 1. The minimum Gasteiger partial charge on any atom is -0.507 e. The fourth-order valence-electron chi connectivity index (χ4n) is 4.43. The van der Waals surface area contributed by atoms with E-state index in [9.17, 15) is 24.8 Å². The summed E-state index contributed by atoms with van der Waals surface area (Å²) in [6.45, 7) is 7.58. The molecule has 1 atom stereocenters. The van der Waals surface area contributed by atoms with Crippen LogP contribution in [-0.2, 0) is 9.59 Å². The Morgan fingerprint density at radius 2 is 1.64 bits per heavy atom. The summed E-state index contributed by atoms with van der Waals surface area (Å²) in [4.78, 5) is 38.6. The van der Waals surface area contributed by atoms with Gasteiger partial charge in [-0.3, -0.25) is 24.6 Å². The van der Waals surface area contributed by atoms with Crippen LogP contribution in [0.2, 0.25) is 0 Å². The molecule has 1 N–H and O–H groups in total. The Hall–Kier alpha value is -4.46. The maximum absolute atomic E-state index is 13.4. The van der Waals surface area contributed by atoms with Crippen LogP contribution in [0, 0.1) is 24.0 Å². The van der Waals surface area contributed by atoms with Crippen LogP contribution in [-0.4, -0.2) is 27.8 Å². The number of hydrogen-bond donors (Lipinski definition) is 1. The van der Waals surface area contributed by atoms with Crippen molar-refractivity contribution in [2.75, 3.05) is 4.90 Å². The predicted molar refractivity (Wildman–Crippen MR) is 136 cm³/mol. The van der Waals surface area contributed by atoms with Gasteiger partial charge in [0, 0.05) is 23.4 Å². The van der Waals surface area contributed by atoms with Crippen molar-refractivity contribution in [3.05, 3.63) is 105 Å². The molecule has 3 aromatic carbocycles. The lowest BCUT2D eigenvalue weighted by Crippen LogP contribution is -2.29. The van der Waals surface area contributed by atoms with Crippen LogP contribution in [0.25, 0.3) is 5.76 Å². The number of nitro groups is 1. The lowest BCUT2D eigenvalue weighted by molar-refractivity contribution is -0.384. The number of Topliss-reactive ketones (excluding diaryl/α,β-unsaturated/α-hetero) is 1. The number of nitrogens with zero attached hydrogens (tertiary/aromatic N) is 2. The first-order chi connectivity index (χ1) is 17.1. The molecule has 1 amide bonds.